The molecule has 0 radical (unpaired) electrons. The van der Waals surface area contributed by atoms with Crippen molar-refractivity contribution in [1.29, 1.82) is 0 Å². The number of carboxylic acids is 1. The summed E-state index contributed by atoms with van der Waals surface area (Å²) in [5.41, 5.74) is -0.452. The number of hydrogen-bond donors (Lipinski definition) is 2. The molecule has 0 aliphatic carbocycles. The molecule has 15 heavy (non-hydrogen) atoms. The third-order valence-corrected chi connectivity index (χ3v) is 3.46. The zero-order chi connectivity index (χ0) is 11.1. The highest BCUT2D eigenvalue weighted by atomic mass is 16.4. The molecule has 2 N–H and O–H groups in total. The Kier molecular flexibility index (Phi) is 5.09. The SMILES string of the molecule is CCCCCCCC1(C(=O)O)CCNC1. The molecule has 0 amide bonds. The van der Waals surface area contributed by atoms with Crippen LogP contribution in [0.1, 0.15) is 51.9 Å². The van der Waals surface area contributed by atoms with Gasteiger partial charge in [0.25, 0.3) is 0 Å². The Balaban J connectivity index is 2.24. The van der Waals surface area contributed by atoms with Crippen LogP contribution in [-0.2, 0) is 4.79 Å². The van der Waals surface area contributed by atoms with E-state index in [1.54, 1.807) is 0 Å². The van der Waals surface area contributed by atoms with E-state index in [0.717, 1.165) is 25.8 Å². The molecule has 0 aromatic heterocycles. The van der Waals surface area contributed by atoms with Crippen molar-refractivity contribution in [1.82, 2.24) is 5.32 Å². The van der Waals surface area contributed by atoms with E-state index in [-0.39, 0.29) is 0 Å². The summed E-state index contributed by atoms with van der Waals surface area (Å²) in [6.07, 6.45) is 7.66. The first-order chi connectivity index (χ1) is 7.21. The maximum atomic E-state index is 11.2. The fourth-order valence-corrected chi connectivity index (χ4v) is 2.31. The van der Waals surface area contributed by atoms with Crippen LogP contribution in [0.2, 0.25) is 0 Å². The lowest BCUT2D eigenvalue weighted by Crippen LogP contribution is -2.33. The van der Waals surface area contributed by atoms with Gasteiger partial charge in [0.1, 0.15) is 0 Å². The molecule has 1 fully saturated rings. The van der Waals surface area contributed by atoms with Crippen molar-refractivity contribution in [3.63, 3.8) is 0 Å². The fraction of sp³-hybridized carbons (Fsp3) is 0.917. The standard InChI is InChI=1S/C12H23NO2/c1-2-3-4-5-6-7-12(11(14)15)8-9-13-10-12/h13H,2-10H2,1H3,(H,14,15). The van der Waals surface area contributed by atoms with Gasteiger partial charge in [0.2, 0.25) is 0 Å². The Morgan fingerprint density at radius 3 is 2.60 bits per heavy atom. The highest BCUT2D eigenvalue weighted by molar-refractivity contribution is 5.75. The average molecular weight is 213 g/mol. The second-order valence-electron chi connectivity index (χ2n) is 4.68. The van der Waals surface area contributed by atoms with Crippen LogP contribution in [0.15, 0.2) is 0 Å². The van der Waals surface area contributed by atoms with Crippen LogP contribution < -0.4 is 5.32 Å². The van der Waals surface area contributed by atoms with Gasteiger partial charge in [-0.05, 0) is 19.4 Å². The maximum Gasteiger partial charge on any atom is 0.310 e. The molecular formula is C12H23NO2. The van der Waals surface area contributed by atoms with E-state index in [1.165, 1.54) is 25.7 Å². The van der Waals surface area contributed by atoms with Gasteiger partial charge < -0.3 is 10.4 Å². The van der Waals surface area contributed by atoms with Gasteiger partial charge in [0, 0.05) is 6.54 Å². The summed E-state index contributed by atoms with van der Waals surface area (Å²) in [6.45, 7) is 3.72. The zero-order valence-electron chi connectivity index (χ0n) is 9.72. The molecule has 1 atom stereocenters. The molecule has 88 valence electrons. The van der Waals surface area contributed by atoms with Crippen molar-refractivity contribution in [3.05, 3.63) is 0 Å². The second-order valence-corrected chi connectivity index (χ2v) is 4.68. The first-order valence-electron chi connectivity index (χ1n) is 6.15. The van der Waals surface area contributed by atoms with Crippen molar-refractivity contribution in [3.8, 4) is 0 Å². The zero-order valence-corrected chi connectivity index (χ0v) is 9.72. The summed E-state index contributed by atoms with van der Waals surface area (Å²) >= 11 is 0. The topological polar surface area (TPSA) is 49.3 Å². The highest BCUT2D eigenvalue weighted by Crippen LogP contribution is 2.32. The number of carbonyl (C=O) groups is 1. The molecule has 0 bridgehead atoms. The summed E-state index contributed by atoms with van der Waals surface area (Å²) in [6, 6.07) is 0. The van der Waals surface area contributed by atoms with Crippen LogP contribution in [0.3, 0.4) is 0 Å². The minimum Gasteiger partial charge on any atom is -0.481 e. The molecule has 1 unspecified atom stereocenters. The second kappa shape index (κ2) is 6.11. The molecule has 1 aliphatic heterocycles. The lowest BCUT2D eigenvalue weighted by molar-refractivity contribution is -0.148. The van der Waals surface area contributed by atoms with Gasteiger partial charge in [-0.25, -0.2) is 0 Å². The van der Waals surface area contributed by atoms with Crippen LogP contribution in [0.25, 0.3) is 0 Å². The van der Waals surface area contributed by atoms with Gasteiger partial charge in [0.15, 0.2) is 0 Å². The molecule has 1 heterocycles. The van der Waals surface area contributed by atoms with Gasteiger partial charge in [-0.3, -0.25) is 4.79 Å². The van der Waals surface area contributed by atoms with Crippen molar-refractivity contribution < 1.29 is 9.90 Å². The van der Waals surface area contributed by atoms with Gasteiger partial charge in [0.05, 0.1) is 5.41 Å². The molecule has 0 saturated carbocycles. The Labute approximate surface area is 92.3 Å². The molecule has 1 saturated heterocycles. The van der Waals surface area contributed by atoms with Crippen molar-refractivity contribution in [2.24, 2.45) is 5.41 Å². The van der Waals surface area contributed by atoms with E-state index in [1.807, 2.05) is 0 Å². The first-order valence-corrected chi connectivity index (χ1v) is 6.15. The predicted octanol–water partition coefficient (Wildman–Crippen LogP) is 2.41. The summed E-state index contributed by atoms with van der Waals surface area (Å²) in [5, 5.41) is 12.4. The summed E-state index contributed by atoms with van der Waals surface area (Å²) in [7, 11) is 0. The largest absolute Gasteiger partial charge is 0.481 e. The van der Waals surface area contributed by atoms with Crippen molar-refractivity contribution >= 4 is 5.97 Å². The lowest BCUT2D eigenvalue weighted by Gasteiger charge is -2.22. The molecule has 0 spiro atoms. The van der Waals surface area contributed by atoms with E-state index in [9.17, 15) is 9.90 Å². The predicted molar refractivity (Wildman–Crippen MR) is 60.9 cm³/mol. The Morgan fingerprint density at radius 1 is 1.33 bits per heavy atom. The summed E-state index contributed by atoms with van der Waals surface area (Å²) in [4.78, 5) is 11.2. The Hall–Kier alpha value is -0.570. The first kappa shape index (κ1) is 12.5. The maximum absolute atomic E-state index is 11.2. The molecule has 3 heteroatoms. The van der Waals surface area contributed by atoms with Crippen LogP contribution in [0, 0.1) is 5.41 Å². The van der Waals surface area contributed by atoms with Gasteiger partial charge in [-0.15, -0.1) is 0 Å². The fourth-order valence-electron chi connectivity index (χ4n) is 2.31. The van der Waals surface area contributed by atoms with Crippen molar-refractivity contribution in [2.45, 2.75) is 51.9 Å². The number of rotatable bonds is 7. The normalized spacial score (nSPS) is 25.7. The Bertz CT molecular complexity index is 198. The third-order valence-electron chi connectivity index (χ3n) is 3.46. The molecule has 1 rings (SSSR count). The van der Waals surface area contributed by atoms with Crippen molar-refractivity contribution in [2.75, 3.05) is 13.1 Å². The van der Waals surface area contributed by atoms with E-state index >= 15 is 0 Å². The van der Waals surface area contributed by atoms with Crippen LogP contribution in [0.5, 0.6) is 0 Å². The number of unbranched alkanes of at least 4 members (excludes halogenated alkanes) is 4. The van der Waals surface area contributed by atoms with Gasteiger partial charge >= 0.3 is 5.97 Å². The van der Waals surface area contributed by atoms with Crippen LogP contribution in [-0.4, -0.2) is 24.2 Å². The quantitative estimate of drug-likeness (QED) is 0.638. The smallest absolute Gasteiger partial charge is 0.310 e. The van der Waals surface area contributed by atoms with E-state index in [4.69, 9.17) is 0 Å². The molecule has 0 aromatic carbocycles. The summed E-state index contributed by atoms with van der Waals surface area (Å²) in [5.74, 6) is -0.608. The van der Waals surface area contributed by atoms with E-state index in [0.29, 0.717) is 6.54 Å². The molecular weight excluding hydrogens is 190 g/mol. The minimum absolute atomic E-state index is 0.452. The lowest BCUT2D eigenvalue weighted by atomic mass is 9.82. The summed E-state index contributed by atoms with van der Waals surface area (Å²) < 4.78 is 0. The minimum atomic E-state index is -0.608. The number of nitrogens with one attached hydrogen (secondary N) is 1. The monoisotopic (exact) mass is 213 g/mol. The highest BCUT2D eigenvalue weighted by Gasteiger charge is 2.40. The van der Waals surface area contributed by atoms with Gasteiger partial charge in [-0.1, -0.05) is 39.0 Å². The number of aliphatic carboxylic acids is 1. The molecule has 3 nitrogen and oxygen atoms in total. The van der Waals surface area contributed by atoms with E-state index in [2.05, 4.69) is 12.2 Å². The Morgan fingerprint density at radius 2 is 2.07 bits per heavy atom. The van der Waals surface area contributed by atoms with Crippen LogP contribution in [0.4, 0.5) is 0 Å². The number of hydrogen-bond acceptors (Lipinski definition) is 2. The molecule has 1 aliphatic rings. The van der Waals surface area contributed by atoms with Gasteiger partial charge in [-0.2, -0.15) is 0 Å². The average Bonchev–Trinajstić information content (AvgIpc) is 2.67. The van der Waals surface area contributed by atoms with E-state index < -0.39 is 11.4 Å². The number of carboxylic acid groups (broad SMARTS) is 1. The van der Waals surface area contributed by atoms with Crippen LogP contribution >= 0.6 is 0 Å². The molecule has 0 aromatic rings. The third kappa shape index (κ3) is 3.49.